The summed E-state index contributed by atoms with van der Waals surface area (Å²) in [5.41, 5.74) is 2.43. The van der Waals surface area contributed by atoms with E-state index in [-0.39, 0.29) is 0 Å². The Bertz CT molecular complexity index is 473. The summed E-state index contributed by atoms with van der Waals surface area (Å²) in [5.74, 6) is 0. The van der Waals surface area contributed by atoms with Gasteiger partial charge in [0.15, 0.2) is 0 Å². The maximum atomic E-state index is 8.88. The summed E-state index contributed by atoms with van der Waals surface area (Å²) in [5, 5.41) is 8.88. The topological polar surface area (TPSA) is 39.9 Å². The highest BCUT2D eigenvalue weighted by molar-refractivity contribution is 5.25. The van der Waals surface area contributed by atoms with Gasteiger partial charge in [-0.2, -0.15) is 5.26 Å². The van der Waals surface area contributed by atoms with E-state index in [0.717, 1.165) is 6.54 Å². The molecule has 3 nitrogen and oxygen atoms in total. The van der Waals surface area contributed by atoms with Crippen molar-refractivity contribution in [1.82, 2.24) is 9.88 Å². The lowest BCUT2D eigenvalue weighted by Crippen LogP contribution is -2.38. The fourth-order valence-corrected chi connectivity index (χ4v) is 3.70. The minimum Gasteiger partial charge on any atom is -0.299 e. The zero-order chi connectivity index (χ0) is 13.1. The molecule has 3 heteroatoms. The molecular formula is C16H21N3. The third-order valence-corrected chi connectivity index (χ3v) is 4.93. The van der Waals surface area contributed by atoms with Crippen LogP contribution in [0.15, 0.2) is 18.3 Å². The molecule has 0 unspecified atom stereocenters. The molecule has 100 valence electrons. The van der Waals surface area contributed by atoms with Crippen molar-refractivity contribution in [3.05, 3.63) is 29.6 Å². The van der Waals surface area contributed by atoms with Crippen LogP contribution in [0.5, 0.6) is 0 Å². The van der Waals surface area contributed by atoms with Crippen LogP contribution in [0.1, 0.15) is 49.8 Å². The van der Waals surface area contributed by atoms with Crippen molar-refractivity contribution in [2.45, 2.75) is 45.1 Å². The Morgan fingerprint density at radius 2 is 1.95 bits per heavy atom. The van der Waals surface area contributed by atoms with Gasteiger partial charge in [-0.05, 0) is 61.9 Å². The second kappa shape index (κ2) is 5.30. The van der Waals surface area contributed by atoms with Crippen LogP contribution in [0.25, 0.3) is 0 Å². The fourth-order valence-electron chi connectivity index (χ4n) is 3.70. The van der Waals surface area contributed by atoms with Crippen LogP contribution in [0, 0.1) is 16.7 Å². The fraction of sp³-hybridized carbons (Fsp3) is 0.625. The van der Waals surface area contributed by atoms with E-state index < -0.39 is 0 Å². The molecule has 1 aromatic heterocycles. The van der Waals surface area contributed by atoms with Crippen molar-refractivity contribution in [3.8, 4) is 6.07 Å². The summed E-state index contributed by atoms with van der Waals surface area (Å²) >= 11 is 0. The van der Waals surface area contributed by atoms with E-state index in [4.69, 9.17) is 5.26 Å². The van der Waals surface area contributed by atoms with Crippen molar-refractivity contribution in [3.63, 3.8) is 0 Å². The van der Waals surface area contributed by atoms with Gasteiger partial charge in [0.25, 0.3) is 0 Å². The molecule has 2 aliphatic rings. The van der Waals surface area contributed by atoms with Gasteiger partial charge < -0.3 is 0 Å². The van der Waals surface area contributed by atoms with Crippen LogP contribution in [-0.4, -0.2) is 23.0 Å². The Morgan fingerprint density at radius 3 is 2.63 bits per heavy atom. The monoisotopic (exact) mass is 255 g/mol. The van der Waals surface area contributed by atoms with Crippen molar-refractivity contribution < 1.29 is 0 Å². The summed E-state index contributed by atoms with van der Waals surface area (Å²) < 4.78 is 0. The van der Waals surface area contributed by atoms with Gasteiger partial charge in [0.2, 0.25) is 0 Å². The van der Waals surface area contributed by atoms with E-state index in [1.165, 1.54) is 57.2 Å². The van der Waals surface area contributed by atoms with Gasteiger partial charge in [-0.1, -0.05) is 12.8 Å². The average Bonchev–Trinajstić information content (AvgIpc) is 2.90. The molecule has 2 fully saturated rings. The van der Waals surface area contributed by atoms with Crippen LogP contribution >= 0.6 is 0 Å². The number of likely N-dealkylation sites (tertiary alicyclic amines) is 1. The predicted molar refractivity (Wildman–Crippen MR) is 74.4 cm³/mol. The molecule has 1 spiro atoms. The highest BCUT2D eigenvalue weighted by Crippen LogP contribution is 2.46. The number of aromatic nitrogens is 1. The zero-order valence-electron chi connectivity index (χ0n) is 11.4. The molecule has 0 bridgehead atoms. The molecule has 0 radical (unpaired) electrons. The lowest BCUT2D eigenvalue weighted by molar-refractivity contribution is 0.103. The van der Waals surface area contributed by atoms with Crippen LogP contribution in [0.4, 0.5) is 0 Å². The molecule has 1 aromatic rings. The lowest BCUT2D eigenvalue weighted by atomic mass is 9.77. The van der Waals surface area contributed by atoms with E-state index >= 15 is 0 Å². The second-order valence-electron chi connectivity index (χ2n) is 6.14. The van der Waals surface area contributed by atoms with Gasteiger partial charge in [-0.25, -0.2) is 4.98 Å². The first-order valence-electron chi connectivity index (χ1n) is 7.37. The Balaban J connectivity index is 1.58. The predicted octanol–water partition coefficient (Wildman–Crippen LogP) is 3.11. The molecule has 1 aliphatic heterocycles. The Hall–Kier alpha value is -1.40. The van der Waals surface area contributed by atoms with E-state index in [0.29, 0.717) is 11.1 Å². The molecule has 0 atom stereocenters. The lowest BCUT2D eigenvalue weighted by Gasteiger charge is -2.39. The van der Waals surface area contributed by atoms with Gasteiger partial charge >= 0.3 is 0 Å². The number of rotatable bonds is 2. The smallest absolute Gasteiger partial charge is 0.140 e. The first-order valence-corrected chi connectivity index (χ1v) is 7.37. The number of piperidine rings is 1. The SMILES string of the molecule is N#Cc1cc(CN2CCC3(CCCC3)CC2)ccn1. The molecule has 0 N–H and O–H groups in total. The van der Waals surface area contributed by atoms with Crippen molar-refractivity contribution >= 4 is 0 Å². The summed E-state index contributed by atoms with van der Waals surface area (Å²) in [6, 6.07) is 6.06. The Labute approximate surface area is 115 Å². The third-order valence-electron chi connectivity index (χ3n) is 4.93. The minimum absolute atomic E-state index is 0.529. The maximum absolute atomic E-state index is 8.88. The Morgan fingerprint density at radius 1 is 1.21 bits per heavy atom. The standard InChI is InChI=1S/C16H21N3/c17-12-15-11-14(3-8-18-15)13-19-9-6-16(7-10-19)4-1-2-5-16/h3,8,11H,1-2,4-7,9-10,13H2. The summed E-state index contributed by atoms with van der Waals surface area (Å²) in [6.45, 7) is 3.39. The number of nitrogens with zero attached hydrogens (tertiary/aromatic N) is 3. The number of hydrogen-bond acceptors (Lipinski definition) is 3. The van der Waals surface area contributed by atoms with E-state index in [1.54, 1.807) is 6.20 Å². The molecule has 1 saturated heterocycles. The molecule has 2 heterocycles. The molecule has 3 rings (SSSR count). The largest absolute Gasteiger partial charge is 0.299 e. The third kappa shape index (κ3) is 2.79. The van der Waals surface area contributed by atoms with Crippen molar-refractivity contribution in [2.24, 2.45) is 5.41 Å². The first kappa shape index (κ1) is 12.6. The quantitative estimate of drug-likeness (QED) is 0.815. The highest BCUT2D eigenvalue weighted by atomic mass is 15.1. The van der Waals surface area contributed by atoms with E-state index in [9.17, 15) is 0 Å². The molecule has 1 aliphatic carbocycles. The van der Waals surface area contributed by atoms with Gasteiger partial charge in [-0.15, -0.1) is 0 Å². The van der Waals surface area contributed by atoms with Crippen LogP contribution in [0.2, 0.25) is 0 Å². The second-order valence-corrected chi connectivity index (χ2v) is 6.14. The van der Waals surface area contributed by atoms with Gasteiger partial charge in [0.05, 0.1) is 0 Å². The Kier molecular flexibility index (Phi) is 3.52. The van der Waals surface area contributed by atoms with Crippen LogP contribution < -0.4 is 0 Å². The van der Waals surface area contributed by atoms with E-state index in [1.807, 2.05) is 12.1 Å². The number of nitriles is 1. The van der Waals surface area contributed by atoms with Crippen molar-refractivity contribution in [1.29, 1.82) is 5.26 Å². The van der Waals surface area contributed by atoms with Gasteiger partial charge in [-0.3, -0.25) is 4.90 Å². The molecule has 0 amide bonds. The average molecular weight is 255 g/mol. The molecule has 19 heavy (non-hydrogen) atoms. The van der Waals surface area contributed by atoms with E-state index in [2.05, 4.69) is 16.0 Å². The number of pyridine rings is 1. The maximum Gasteiger partial charge on any atom is 0.140 e. The van der Waals surface area contributed by atoms with Crippen LogP contribution in [-0.2, 0) is 6.54 Å². The molecular weight excluding hydrogens is 234 g/mol. The normalized spacial score (nSPS) is 22.5. The van der Waals surface area contributed by atoms with Crippen molar-refractivity contribution in [2.75, 3.05) is 13.1 Å². The van der Waals surface area contributed by atoms with Crippen LogP contribution in [0.3, 0.4) is 0 Å². The number of hydrogen-bond donors (Lipinski definition) is 0. The summed E-state index contributed by atoms with van der Waals surface area (Å²) in [7, 11) is 0. The zero-order valence-corrected chi connectivity index (χ0v) is 11.4. The van der Waals surface area contributed by atoms with Gasteiger partial charge in [0, 0.05) is 12.7 Å². The first-order chi connectivity index (χ1) is 9.30. The molecule has 0 aromatic carbocycles. The minimum atomic E-state index is 0.529. The summed E-state index contributed by atoms with van der Waals surface area (Å²) in [4.78, 5) is 6.56. The molecule has 1 saturated carbocycles. The highest BCUT2D eigenvalue weighted by Gasteiger charge is 2.36. The summed E-state index contributed by atoms with van der Waals surface area (Å²) in [6.07, 6.45) is 10.3. The van der Waals surface area contributed by atoms with Gasteiger partial charge in [0.1, 0.15) is 11.8 Å².